The van der Waals surface area contributed by atoms with E-state index in [0.29, 0.717) is 7.06 Å². The summed E-state index contributed by atoms with van der Waals surface area (Å²) in [4.78, 5) is 0. The van der Waals surface area contributed by atoms with Crippen molar-refractivity contribution in [1.29, 1.82) is 0 Å². The topological polar surface area (TPSA) is 36.9 Å². The molecule has 17 heavy (non-hydrogen) atoms. The van der Waals surface area contributed by atoms with Gasteiger partial charge < -0.3 is 18.6 Å². The molecule has 0 aromatic heterocycles. The third-order valence-electron chi connectivity index (χ3n) is 2.59. The van der Waals surface area contributed by atoms with Gasteiger partial charge in [-0.1, -0.05) is 20.3 Å². The molecule has 1 aliphatic heterocycles. The van der Waals surface area contributed by atoms with Crippen LogP contribution in [-0.2, 0) is 18.6 Å². The molecule has 96 valence electrons. The molecule has 0 aromatic carbocycles. The van der Waals surface area contributed by atoms with Gasteiger partial charge in [0.15, 0.2) is 0 Å². The predicted molar refractivity (Wildman–Crippen MR) is 72.3 cm³/mol. The SMILES string of the molecule is CCCCOB(BB1OCCCO1)OCCC. The largest absolute Gasteiger partial charge is 0.418 e. The second-order valence-electron chi connectivity index (χ2n) is 4.29. The minimum absolute atomic E-state index is 0.160. The molecule has 0 radical (unpaired) electrons. The van der Waals surface area contributed by atoms with Crippen LogP contribution in [0.3, 0.4) is 0 Å². The molecule has 0 saturated carbocycles. The quantitative estimate of drug-likeness (QED) is 0.446. The zero-order valence-corrected chi connectivity index (χ0v) is 11.2. The van der Waals surface area contributed by atoms with Crippen LogP contribution < -0.4 is 0 Å². The Morgan fingerprint density at radius 3 is 2.47 bits per heavy atom. The maximum absolute atomic E-state index is 5.71. The van der Waals surface area contributed by atoms with Gasteiger partial charge in [0.2, 0.25) is 7.06 Å². The van der Waals surface area contributed by atoms with Crippen LogP contribution in [0.2, 0.25) is 0 Å². The van der Waals surface area contributed by atoms with E-state index in [4.69, 9.17) is 18.6 Å². The molecule has 1 rings (SSSR count). The average Bonchev–Trinajstić information content (AvgIpc) is 2.37. The van der Waals surface area contributed by atoms with E-state index < -0.39 is 0 Å². The smallest absolute Gasteiger partial charge is 0.400 e. The first-order chi connectivity index (χ1) is 8.36. The molecule has 4 nitrogen and oxygen atoms in total. The van der Waals surface area contributed by atoms with E-state index in [1.165, 1.54) is 0 Å². The molecule has 0 aliphatic carbocycles. The molecular weight excluding hydrogens is 217 g/mol. The second-order valence-corrected chi connectivity index (χ2v) is 4.29. The summed E-state index contributed by atoms with van der Waals surface area (Å²) < 4.78 is 22.4. The molecule has 0 bridgehead atoms. The number of hydrogen-bond donors (Lipinski definition) is 0. The summed E-state index contributed by atoms with van der Waals surface area (Å²) in [6.07, 6.45) is 4.18. The summed E-state index contributed by atoms with van der Waals surface area (Å²) in [5, 5.41) is 0. The Kier molecular flexibility index (Phi) is 8.88. The van der Waals surface area contributed by atoms with Crippen LogP contribution in [0.15, 0.2) is 0 Å². The first-order valence-corrected chi connectivity index (χ1v) is 6.83. The Balaban J connectivity index is 2.22. The third kappa shape index (κ3) is 7.14. The summed E-state index contributed by atoms with van der Waals surface area (Å²) in [6, 6.07) is 0. The first kappa shape index (κ1) is 15.1. The Morgan fingerprint density at radius 1 is 1.12 bits per heavy atom. The Bertz CT molecular complexity index is 179. The van der Waals surface area contributed by atoms with Crippen LogP contribution in [0.5, 0.6) is 0 Å². The summed E-state index contributed by atoms with van der Waals surface area (Å²) in [7, 11) is 0.320. The number of hydrogen-bond acceptors (Lipinski definition) is 4. The third-order valence-corrected chi connectivity index (χ3v) is 2.59. The average molecular weight is 240 g/mol. The monoisotopic (exact) mass is 240 g/mol. The molecule has 1 fully saturated rings. The van der Waals surface area contributed by atoms with Crippen molar-refractivity contribution in [2.45, 2.75) is 39.5 Å². The van der Waals surface area contributed by atoms with E-state index in [1.54, 1.807) is 0 Å². The van der Waals surface area contributed by atoms with Crippen molar-refractivity contribution in [3.63, 3.8) is 0 Å². The molecule has 1 saturated heterocycles. The Morgan fingerprint density at radius 2 is 1.82 bits per heavy atom. The van der Waals surface area contributed by atoms with Gasteiger partial charge in [0.25, 0.3) is 0 Å². The molecule has 0 amide bonds. The first-order valence-electron chi connectivity index (χ1n) is 6.83. The molecule has 7 heteroatoms. The van der Waals surface area contributed by atoms with Crippen LogP contribution >= 0.6 is 0 Å². The highest BCUT2D eigenvalue weighted by atomic mass is 16.6. The highest BCUT2D eigenvalue weighted by Crippen LogP contribution is 2.03. The van der Waals surface area contributed by atoms with Gasteiger partial charge in [-0.25, -0.2) is 0 Å². The fraction of sp³-hybridized carbons (Fsp3) is 1.00. The predicted octanol–water partition coefficient (Wildman–Crippen LogP) is 1.07. The highest BCUT2D eigenvalue weighted by Gasteiger charge is 2.32. The zero-order chi connectivity index (χ0) is 12.3. The molecule has 1 heterocycles. The van der Waals surface area contributed by atoms with Crippen LogP contribution in [0.4, 0.5) is 0 Å². The molecular formula is C10H23B3O4. The lowest BCUT2D eigenvalue weighted by Gasteiger charge is -2.22. The van der Waals surface area contributed by atoms with E-state index in [-0.39, 0.29) is 14.0 Å². The minimum Gasteiger partial charge on any atom is -0.418 e. The zero-order valence-electron chi connectivity index (χ0n) is 11.2. The van der Waals surface area contributed by atoms with E-state index >= 15 is 0 Å². The molecule has 0 unspecified atom stereocenters. The normalized spacial score (nSPS) is 16.0. The van der Waals surface area contributed by atoms with E-state index in [9.17, 15) is 0 Å². The maximum atomic E-state index is 5.71. The van der Waals surface area contributed by atoms with E-state index in [1.807, 2.05) is 0 Å². The van der Waals surface area contributed by atoms with Crippen LogP contribution in [0.1, 0.15) is 39.5 Å². The molecule has 1 aliphatic rings. The van der Waals surface area contributed by atoms with Crippen molar-refractivity contribution in [3.05, 3.63) is 0 Å². The molecule has 0 atom stereocenters. The number of rotatable bonds is 9. The summed E-state index contributed by atoms with van der Waals surface area (Å²) >= 11 is 0. The molecule has 0 N–H and O–H groups in total. The van der Waals surface area contributed by atoms with Gasteiger partial charge in [0, 0.05) is 26.4 Å². The van der Waals surface area contributed by atoms with E-state index in [2.05, 4.69) is 13.8 Å². The summed E-state index contributed by atoms with van der Waals surface area (Å²) in [5.74, 6) is 0. The summed E-state index contributed by atoms with van der Waals surface area (Å²) in [6.45, 7) is 7.27. The molecule has 0 spiro atoms. The Hall–Kier alpha value is 0.0348. The highest BCUT2D eigenvalue weighted by molar-refractivity contribution is 7.35. The van der Waals surface area contributed by atoms with Gasteiger partial charge in [-0.2, -0.15) is 0 Å². The lowest BCUT2D eigenvalue weighted by Crippen LogP contribution is -2.46. The van der Waals surface area contributed by atoms with Gasteiger partial charge in [0.1, 0.15) is 0 Å². The minimum atomic E-state index is -0.190. The fourth-order valence-corrected chi connectivity index (χ4v) is 1.62. The van der Waals surface area contributed by atoms with Crippen LogP contribution in [0.25, 0.3) is 0 Å². The second kappa shape index (κ2) is 10.0. The van der Waals surface area contributed by atoms with Crippen molar-refractivity contribution >= 4 is 21.1 Å². The van der Waals surface area contributed by atoms with Crippen molar-refractivity contribution in [2.75, 3.05) is 26.4 Å². The van der Waals surface area contributed by atoms with Crippen molar-refractivity contribution < 1.29 is 18.6 Å². The number of unbranched alkanes of at least 4 members (excludes halogenated alkanes) is 1. The van der Waals surface area contributed by atoms with Crippen LogP contribution in [-0.4, -0.2) is 47.5 Å². The van der Waals surface area contributed by atoms with Crippen LogP contribution in [0, 0.1) is 0 Å². The van der Waals surface area contributed by atoms with Gasteiger partial charge in [-0.3, -0.25) is 0 Å². The Labute approximate surface area is 106 Å². The summed E-state index contributed by atoms with van der Waals surface area (Å²) in [5.41, 5.74) is 0. The van der Waals surface area contributed by atoms with Gasteiger partial charge >= 0.3 is 14.0 Å². The molecule has 0 aromatic rings. The van der Waals surface area contributed by atoms with Gasteiger partial charge in [-0.15, -0.1) is 0 Å². The van der Waals surface area contributed by atoms with Crippen molar-refractivity contribution in [2.24, 2.45) is 0 Å². The fourth-order valence-electron chi connectivity index (χ4n) is 1.62. The standard InChI is InChI=1S/C10H23B3O4/c1-3-5-8-15-12(14-7-4-2)11-13-16-9-6-10-17-13/h11H,3-10H2,1-2H3. The van der Waals surface area contributed by atoms with Crippen molar-refractivity contribution in [1.82, 2.24) is 0 Å². The van der Waals surface area contributed by atoms with E-state index in [0.717, 1.165) is 52.1 Å². The lowest BCUT2D eigenvalue weighted by molar-refractivity contribution is 0.147. The van der Waals surface area contributed by atoms with Gasteiger partial charge in [-0.05, 0) is 19.3 Å². The van der Waals surface area contributed by atoms with Gasteiger partial charge in [0.05, 0.1) is 0 Å². The van der Waals surface area contributed by atoms with Crippen molar-refractivity contribution in [3.8, 4) is 0 Å². The lowest BCUT2D eigenvalue weighted by atomic mass is 9.23. The maximum Gasteiger partial charge on any atom is 0.400 e.